The number of hydrogen-bond acceptors (Lipinski definition) is 7. The first-order chi connectivity index (χ1) is 14.2. The van der Waals surface area contributed by atoms with Crippen molar-refractivity contribution in [2.75, 3.05) is 11.9 Å². The number of pyridine rings is 1. The summed E-state index contributed by atoms with van der Waals surface area (Å²) in [5, 5.41) is 6.83. The van der Waals surface area contributed by atoms with Gasteiger partial charge in [0.1, 0.15) is 0 Å². The highest BCUT2D eigenvalue weighted by Crippen LogP contribution is 2.22. The number of carbonyl (C=O) groups is 1. The summed E-state index contributed by atoms with van der Waals surface area (Å²) in [6.07, 6.45) is 3.40. The molecule has 0 aliphatic heterocycles. The number of para-hydroxylation sites is 1. The summed E-state index contributed by atoms with van der Waals surface area (Å²) in [5.74, 6) is 1.54. The van der Waals surface area contributed by atoms with Crippen LogP contribution < -0.4 is 10.1 Å². The van der Waals surface area contributed by atoms with Gasteiger partial charge in [0.05, 0.1) is 24.9 Å². The van der Waals surface area contributed by atoms with Crippen LogP contribution in [0.1, 0.15) is 28.7 Å². The molecule has 3 aromatic heterocycles. The van der Waals surface area contributed by atoms with Crippen LogP contribution in [-0.2, 0) is 6.42 Å². The first kappa shape index (κ1) is 18.4. The number of nitrogens with one attached hydrogen (secondary N) is 1. The summed E-state index contributed by atoms with van der Waals surface area (Å²) in [5.41, 5.74) is 1.93. The second-order valence-corrected chi connectivity index (χ2v) is 6.10. The predicted octanol–water partition coefficient (Wildman–Crippen LogP) is 3.97. The number of rotatable bonds is 7. The van der Waals surface area contributed by atoms with Gasteiger partial charge in [0.25, 0.3) is 5.91 Å². The van der Waals surface area contributed by atoms with E-state index >= 15 is 0 Å². The van der Waals surface area contributed by atoms with Gasteiger partial charge in [-0.1, -0.05) is 23.4 Å². The van der Waals surface area contributed by atoms with Crippen molar-refractivity contribution in [1.82, 2.24) is 15.1 Å². The van der Waals surface area contributed by atoms with E-state index in [4.69, 9.17) is 13.7 Å². The molecular weight excluding hydrogens is 372 g/mol. The summed E-state index contributed by atoms with van der Waals surface area (Å²) in [6, 6.07) is 14.3. The van der Waals surface area contributed by atoms with Gasteiger partial charge in [-0.05, 0) is 36.8 Å². The highest BCUT2D eigenvalue weighted by Gasteiger charge is 2.14. The molecule has 3 heterocycles. The molecule has 1 amide bonds. The summed E-state index contributed by atoms with van der Waals surface area (Å²) in [6.45, 7) is 2.39. The average Bonchev–Trinajstić information content (AvgIpc) is 3.42. The summed E-state index contributed by atoms with van der Waals surface area (Å²) in [7, 11) is 0. The van der Waals surface area contributed by atoms with Crippen LogP contribution in [0.15, 0.2) is 69.9 Å². The van der Waals surface area contributed by atoms with Crippen molar-refractivity contribution in [3.05, 3.63) is 78.0 Å². The van der Waals surface area contributed by atoms with Crippen molar-refractivity contribution in [3.63, 3.8) is 0 Å². The summed E-state index contributed by atoms with van der Waals surface area (Å²) >= 11 is 0. The number of furan rings is 1. The molecular formula is C21H18N4O4. The lowest BCUT2D eigenvalue weighted by Gasteiger charge is -2.10. The van der Waals surface area contributed by atoms with Crippen LogP contribution in [0.4, 0.5) is 5.69 Å². The van der Waals surface area contributed by atoms with Crippen LogP contribution in [0.25, 0.3) is 11.6 Å². The van der Waals surface area contributed by atoms with Gasteiger partial charge in [0.2, 0.25) is 17.6 Å². The Hall–Kier alpha value is -3.94. The Kier molecular flexibility index (Phi) is 5.33. The Bertz CT molecular complexity index is 1090. The quantitative estimate of drug-likeness (QED) is 0.509. The van der Waals surface area contributed by atoms with Crippen LogP contribution in [0.3, 0.4) is 0 Å². The highest BCUT2D eigenvalue weighted by atomic mass is 16.5. The molecule has 0 aliphatic rings. The van der Waals surface area contributed by atoms with Gasteiger partial charge in [0, 0.05) is 18.0 Å². The lowest BCUT2D eigenvalue weighted by atomic mass is 10.1. The van der Waals surface area contributed by atoms with Gasteiger partial charge in [-0.25, -0.2) is 4.98 Å². The molecule has 0 fully saturated rings. The number of aromatic nitrogens is 3. The van der Waals surface area contributed by atoms with Crippen LogP contribution in [0.5, 0.6) is 5.88 Å². The monoisotopic (exact) mass is 390 g/mol. The van der Waals surface area contributed by atoms with Gasteiger partial charge in [-0.15, -0.1) is 0 Å². The molecule has 4 aromatic rings. The molecule has 0 bridgehead atoms. The number of anilines is 1. The molecule has 0 spiro atoms. The Morgan fingerprint density at radius 2 is 2.03 bits per heavy atom. The van der Waals surface area contributed by atoms with E-state index in [2.05, 4.69) is 20.4 Å². The van der Waals surface area contributed by atoms with Crippen molar-refractivity contribution in [2.45, 2.75) is 13.3 Å². The number of carbonyl (C=O) groups excluding carboxylic acids is 1. The molecule has 1 aromatic carbocycles. The smallest absolute Gasteiger partial charge is 0.257 e. The fourth-order valence-electron chi connectivity index (χ4n) is 2.73. The van der Waals surface area contributed by atoms with Crippen molar-refractivity contribution in [2.24, 2.45) is 0 Å². The maximum atomic E-state index is 12.6. The number of ether oxygens (including phenoxy) is 1. The van der Waals surface area contributed by atoms with Crippen molar-refractivity contribution in [1.29, 1.82) is 0 Å². The van der Waals surface area contributed by atoms with E-state index in [-0.39, 0.29) is 5.91 Å². The van der Waals surface area contributed by atoms with Gasteiger partial charge in [-0.2, -0.15) is 4.98 Å². The minimum Gasteiger partial charge on any atom is -0.478 e. The zero-order valence-corrected chi connectivity index (χ0v) is 15.7. The Labute approximate surface area is 166 Å². The fourth-order valence-corrected chi connectivity index (χ4v) is 2.73. The van der Waals surface area contributed by atoms with E-state index in [0.29, 0.717) is 47.6 Å². The van der Waals surface area contributed by atoms with Gasteiger partial charge in [-0.3, -0.25) is 4.79 Å². The molecule has 146 valence electrons. The fraction of sp³-hybridized carbons (Fsp3) is 0.143. The minimum atomic E-state index is -0.269. The highest BCUT2D eigenvalue weighted by molar-refractivity contribution is 6.04. The molecule has 0 radical (unpaired) electrons. The number of hydrogen-bond donors (Lipinski definition) is 1. The predicted molar refractivity (Wildman–Crippen MR) is 105 cm³/mol. The Balaban J connectivity index is 1.49. The Morgan fingerprint density at radius 3 is 2.79 bits per heavy atom. The molecule has 1 N–H and O–H groups in total. The van der Waals surface area contributed by atoms with E-state index in [1.807, 2.05) is 31.2 Å². The number of amides is 1. The van der Waals surface area contributed by atoms with Crippen LogP contribution in [-0.4, -0.2) is 27.6 Å². The van der Waals surface area contributed by atoms with Crippen LogP contribution in [0, 0.1) is 0 Å². The molecule has 0 aliphatic carbocycles. The standard InChI is InChI=1S/C21H18N4O4/c1-2-27-18-10-9-15(13-22-18)21(26)23-16-7-4-3-6-14(16)12-19-24-20(25-29-19)17-8-5-11-28-17/h3-11,13H,2,12H2,1H3,(H,23,26). The molecule has 8 heteroatoms. The maximum absolute atomic E-state index is 12.6. The average molecular weight is 390 g/mol. The second kappa shape index (κ2) is 8.39. The molecule has 0 saturated heterocycles. The van der Waals surface area contributed by atoms with E-state index in [0.717, 1.165) is 5.56 Å². The maximum Gasteiger partial charge on any atom is 0.257 e. The summed E-state index contributed by atoms with van der Waals surface area (Å²) in [4.78, 5) is 21.1. The molecule has 0 saturated carbocycles. The Morgan fingerprint density at radius 1 is 1.14 bits per heavy atom. The third kappa shape index (κ3) is 4.32. The zero-order chi connectivity index (χ0) is 20.1. The zero-order valence-electron chi connectivity index (χ0n) is 15.7. The first-order valence-corrected chi connectivity index (χ1v) is 9.07. The van der Waals surface area contributed by atoms with Crippen molar-refractivity contribution >= 4 is 11.6 Å². The van der Waals surface area contributed by atoms with E-state index in [1.165, 1.54) is 6.20 Å². The largest absolute Gasteiger partial charge is 0.478 e. The summed E-state index contributed by atoms with van der Waals surface area (Å²) < 4.78 is 15.9. The van der Waals surface area contributed by atoms with Crippen molar-refractivity contribution < 1.29 is 18.5 Å². The minimum absolute atomic E-state index is 0.269. The van der Waals surface area contributed by atoms with E-state index in [1.54, 1.807) is 30.5 Å². The third-order valence-corrected chi connectivity index (χ3v) is 4.11. The molecule has 4 rings (SSSR count). The molecule has 29 heavy (non-hydrogen) atoms. The van der Waals surface area contributed by atoms with Gasteiger partial charge < -0.3 is 19.0 Å². The number of nitrogens with zero attached hydrogens (tertiary/aromatic N) is 3. The first-order valence-electron chi connectivity index (χ1n) is 9.07. The van der Waals surface area contributed by atoms with Gasteiger partial charge >= 0.3 is 0 Å². The molecule has 8 nitrogen and oxygen atoms in total. The molecule has 0 atom stereocenters. The molecule has 0 unspecified atom stereocenters. The van der Waals surface area contributed by atoms with Crippen LogP contribution in [0.2, 0.25) is 0 Å². The third-order valence-electron chi connectivity index (χ3n) is 4.11. The second-order valence-electron chi connectivity index (χ2n) is 6.10. The lowest BCUT2D eigenvalue weighted by Crippen LogP contribution is -2.14. The van der Waals surface area contributed by atoms with E-state index in [9.17, 15) is 4.79 Å². The van der Waals surface area contributed by atoms with Crippen molar-refractivity contribution in [3.8, 4) is 17.5 Å². The number of benzene rings is 1. The van der Waals surface area contributed by atoms with E-state index < -0.39 is 0 Å². The van der Waals surface area contributed by atoms with Gasteiger partial charge in [0.15, 0.2) is 5.76 Å². The SMILES string of the molecule is CCOc1ccc(C(=O)Nc2ccccc2Cc2nc(-c3ccco3)no2)cn1. The topological polar surface area (TPSA) is 103 Å². The normalized spacial score (nSPS) is 10.7. The lowest BCUT2D eigenvalue weighted by molar-refractivity contribution is 0.102. The van der Waals surface area contributed by atoms with Crippen LogP contribution >= 0.6 is 0 Å².